The fraction of sp³-hybridized carbons (Fsp3) is 0.714. The summed E-state index contributed by atoms with van der Waals surface area (Å²) in [5.41, 5.74) is 0.230. The molecule has 15 heavy (non-hydrogen) atoms. The fourth-order valence-corrected chi connectivity index (χ4v) is 0.564. The summed E-state index contributed by atoms with van der Waals surface area (Å²) in [5.74, 6) is 0. The van der Waals surface area contributed by atoms with E-state index in [1.807, 2.05) is 33.2 Å². The van der Waals surface area contributed by atoms with Gasteiger partial charge in [-0.3, -0.25) is 0 Å². The van der Waals surface area contributed by atoms with E-state index < -0.39 is 0 Å². The first-order valence-electron chi connectivity index (χ1n) is 5.99. The molecule has 0 aromatic carbocycles. The minimum Gasteiger partial charge on any atom is -0.394 e. The summed E-state index contributed by atoms with van der Waals surface area (Å²) in [6, 6.07) is 0. The highest BCUT2D eigenvalue weighted by atomic mass is 14.8. The molecule has 1 heteroatoms. The maximum Gasteiger partial charge on any atom is 0.00276 e. The van der Waals surface area contributed by atoms with E-state index >= 15 is 0 Å². The van der Waals surface area contributed by atoms with Crippen LogP contribution in [0, 0.1) is 5.41 Å². The number of rotatable bonds is 4. The molecule has 0 rings (SSSR count). The van der Waals surface area contributed by atoms with Gasteiger partial charge < -0.3 is 5.32 Å². The summed E-state index contributed by atoms with van der Waals surface area (Å²) in [4.78, 5) is 0. The molecule has 0 fully saturated rings. The first-order valence-corrected chi connectivity index (χ1v) is 5.99. The highest BCUT2D eigenvalue weighted by Crippen LogP contribution is 2.20. The van der Waals surface area contributed by atoms with Crippen LogP contribution >= 0.6 is 0 Å². The van der Waals surface area contributed by atoms with Crippen molar-refractivity contribution in [1.29, 1.82) is 0 Å². The monoisotopic (exact) mass is 213 g/mol. The van der Waals surface area contributed by atoms with E-state index in [1.54, 1.807) is 0 Å². The third-order valence-corrected chi connectivity index (χ3v) is 1.48. The van der Waals surface area contributed by atoms with Gasteiger partial charge in [0.25, 0.3) is 0 Å². The van der Waals surface area contributed by atoms with E-state index in [2.05, 4.69) is 45.7 Å². The summed E-state index contributed by atoms with van der Waals surface area (Å²) in [5, 5.41) is 2.95. The van der Waals surface area contributed by atoms with Crippen LogP contribution in [0.2, 0.25) is 0 Å². The standard InChI is InChI=1S/C9H17N.C3H8.C2H6/c1-5-9(2,3)7-6-8-10-4;1-3-2;1-2/h5-6,8,10H,1,7H2,2-4H3;3H2,1-2H3;1-2H3. The van der Waals surface area contributed by atoms with Crippen LogP contribution in [0.15, 0.2) is 24.9 Å². The Labute approximate surface area is 97.7 Å². The zero-order chi connectivity index (χ0) is 12.7. The van der Waals surface area contributed by atoms with Gasteiger partial charge in [-0.05, 0) is 18.0 Å². The molecule has 1 nitrogen and oxygen atoms in total. The van der Waals surface area contributed by atoms with Gasteiger partial charge in [0.15, 0.2) is 0 Å². The second kappa shape index (κ2) is 15.7. The Morgan fingerprint density at radius 1 is 1.20 bits per heavy atom. The Morgan fingerprint density at radius 3 is 1.87 bits per heavy atom. The van der Waals surface area contributed by atoms with Crippen molar-refractivity contribution in [2.45, 2.75) is 54.4 Å². The molecule has 92 valence electrons. The SMILES string of the molecule is C=CC(C)(C)CC=CNC.CC.CCC. The molecule has 0 bridgehead atoms. The van der Waals surface area contributed by atoms with Crippen LogP contribution in [0.4, 0.5) is 0 Å². The van der Waals surface area contributed by atoms with E-state index in [1.165, 1.54) is 6.42 Å². The van der Waals surface area contributed by atoms with Gasteiger partial charge in [0, 0.05) is 7.05 Å². The van der Waals surface area contributed by atoms with E-state index in [0.717, 1.165) is 6.42 Å². The molecule has 0 aromatic rings. The summed E-state index contributed by atoms with van der Waals surface area (Å²) >= 11 is 0. The Bertz CT molecular complexity index is 134. The van der Waals surface area contributed by atoms with Crippen molar-refractivity contribution in [3.8, 4) is 0 Å². The minimum atomic E-state index is 0.230. The topological polar surface area (TPSA) is 12.0 Å². The van der Waals surface area contributed by atoms with E-state index in [0.29, 0.717) is 0 Å². The molecule has 0 heterocycles. The largest absolute Gasteiger partial charge is 0.394 e. The van der Waals surface area contributed by atoms with Crippen molar-refractivity contribution >= 4 is 0 Å². The molecule has 0 unspecified atom stereocenters. The maximum atomic E-state index is 3.76. The number of nitrogens with one attached hydrogen (secondary N) is 1. The van der Waals surface area contributed by atoms with E-state index in [4.69, 9.17) is 0 Å². The third-order valence-electron chi connectivity index (χ3n) is 1.48. The third kappa shape index (κ3) is 24.6. The average molecular weight is 213 g/mol. The van der Waals surface area contributed by atoms with Crippen molar-refractivity contribution in [2.75, 3.05) is 7.05 Å². The summed E-state index contributed by atoms with van der Waals surface area (Å²) in [6.45, 7) is 16.3. The van der Waals surface area contributed by atoms with Crippen LogP contribution in [0.1, 0.15) is 54.4 Å². The van der Waals surface area contributed by atoms with Crippen LogP contribution in [0.5, 0.6) is 0 Å². The quantitative estimate of drug-likeness (QED) is 0.664. The molecule has 0 atom stereocenters. The zero-order valence-corrected chi connectivity index (χ0v) is 11.9. The van der Waals surface area contributed by atoms with Crippen molar-refractivity contribution in [1.82, 2.24) is 5.32 Å². The molecule has 0 saturated heterocycles. The van der Waals surface area contributed by atoms with Gasteiger partial charge in [-0.25, -0.2) is 0 Å². The lowest BCUT2D eigenvalue weighted by Gasteiger charge is -2.16. The molecular formula is C14H31N. The Kier molecular flexibility index (Phi) is 20.8. The molecule has 0 aromatic heterocycles. The van der Waals surface area contributed by atoms with Crippen molar-refractivity contribution in [2.24, 2.45) is 5.41 Å². The number of hydrogen-bond donors (Lipinski definition) is 1. The molecule has 0 spiro atoms. The molecule has 0 aliphatic carbocycles. The van der Waals surface area contributed by atoms with Gasteiger partial charge in [-0.15, -0.1) is 6.58 Å². The molecule has 0 radical (unpaired) electrons. The summed E-state index contributed by atoms with van der Waals surface area (Å²) in [6.07, 6.45) is 8.33. The van der Waals surface area contributed by atoms with Gasteiger partial charge in [0.05, 0.1) is 0 Å². The zero-order valence-electron chi connectivity index (χ0n) is 11.9. The Hall–Kier alpha value is -0.720. The number of hydrogen-bond acceptors (Lipinski definition) is 1. The molecule has 0 amide bonds. The summed E-state index contributed by atoms with van der Waals surface area (Å²) in [7, 11) is 1.90. The predicted molar refractivity (Wildman–Crippen MR) is 74.1 cm³/mol. The Morgan fingerprint density at radius 2 is 1.60 bits per heavy atom. The van der Waals surface area contributed by atoms with Gasteiger partial charge in [-0.1, -0.05) is 60.1 Å². The predicted octanol–water partition coefficient (Wildman–Crippen LogP) is 4.76. The normalized spacial score (nSPS) is 9.53. The van der Waals surface area contributed by atoms with E-state index in [9.17, 15) is 0 Å². The smallest absolute Gasteiger partial charge is 0.00276 e. The van der Waals surface area contributed by atoms with Gasteiger partial charge in [0.1, 0.15) is 0 Å². The van der Waals surface area contributed by atoms with Crippen LogP contribution in [0.3, 0.4) is 0 Å². The lowest BCUT2D eigenvalue weighted by Crippen LogP contribution is -2.05. The minimum absolute atomic E-state index is 0.230. The first-order chi connectivity index (χ1) is 7.04. The molecule has 0 aliphatic heterocycles. The molecular weight excluding hydrogens is 182 g/mol. The first kappa shape index (κ1) is 19.8. The highest BCUT2D eigenvalue weighted by molar-refractivity contribution is 4.94. The van der Waals surface area contributed by atoms with Crippen molar-refractivity contribution < 1.29 is 0 Å². The second-order valence-electron chi connectivity index (χ2n) is 3.79. The van der Waals surface area contributed by atoms with Gasteiger partial charge in [0.2, 0.25) is 0 Å². The molecule has 0 saturated carbocycles. The van der Waals surface area contributed by atoms with Crippen molar-refractivity contribution in [3.63, 3.8) is 0 Å². The lowest BCUT2D eigenvalue weighted by atomic mass is 9.90. The lowest BCUT2D eigenvalue weighted by molar-refractivity contribution is 0.489. The van der Waals surface area contributed by atoms with Crippen LogP contribution < -0.4 is 5.32 Å². The average Bonchev–Trinajstić information content (AvgIpc) is 2.22. The molecule has 0 aliphatic rings. The Balaban J connectivity index is -0.000000245. The van der Waals surface area contributed by atoms with Crippen LogP contribution in [-0.4, -0.2) is 7.05 Å². The van der Waals surface area contributed by atoms with E-state index in [-0.39, 0.29) is 5.41 Å². The van der Waals surface area contributed by atoms with Gasteiger partial charge in [-0.2, -0.15) is 0 Å². The van der Waals surface area contributed by atoms with Crippen LogP contribution in [0.25, 0.3) is 0 Å². The van der Waals surface area contributed by atoms with Crippen molar-refractivity contribution in [3.05, 3.63) is 24.9 Å². The second-order valence-corrected chi connectivity index (χ2v) is 3.79. The summed E-state index contributed by atoms with van der Waals surface area (Å²) < 4.78 is 0. The highest BCUT2D eigenvalue weighted by Gasteiger charge is 2.08. The van der Waals surface area contributed by atoms with Crippen LogP contribution in [-0.2, 0) is 0 Å². The number of allylic oxidation sites excluding steroid dienone is 2. The van der Waals surface area contributed by atoms with Gasteiger partial charge >= 0.3 is 0 Å². The fourth-order valence-electron chi connectivity index (χ4n) is 0.564. The molecule has 1 N–H and O–H groups in total. The maximum absolute atomic E-state index is 3.76.